The number of carbonyl (C=O) groups is 1. The van der Waals surface area contributed by atoms with Gasteiger partial charge in [-0.15, -0.1) is 0 Å². The van der Waals surface area contributed by atoms with Crippen molar-refractivity contribution in [2.75, 3.05) is 6.54 Å². The summed E-state index contributed by atoms with van der Waals surface area (Å²) in [5, 5.41) is 17.7. The summed E-state index contributed by atoms with van der Waals surface area (Å²) in [7, 11) is -4.05. The van der Waals surface area contributed by atoms with Gasteiger partial charge in [-0.3, -0.25) is 4.79 Å². The number of sulfonamides is 1. The van der Waals surface area contributed by atoms with Crippen LogP contribution in [0.25, 0.3) is 0 Å². The molecule has 19 heavy (non-hydrogen) atoms. The molecule has 9 heteroatoms. The van der Waals surface area contributed by atoms with E-state index in [1.54, 1.807) is 6.07 Å². The molecule has 1 rings (SSSR count). The molecule has 0 fully saturated rings. The Bertz CT molecular complexity index is 639. The maximum absolute atomic E-state index is 11.9. The van der Waals surface area contributed by atoms with Gasteiger partial charge in [0.25, 0.3) is 0 Å². The molecule has 1 unspecified atom stereocenters. The SMILES string of the molecule is N#Cc1ccc(Cl)c(S(=O)(=O)NCC(O)C(N)=O)c1. The number of benzene rings is 1. The summed E-state index contributed by atoms with van der Waals surface area (Å²) in [6.07, 6.45) is -1.65. The number of nitrogens with zero attached hydrogens (tertiary/aromatic N) is 1. The monoisotopic (exact) mass is 303 g/mol. The summed E-state index contributed by atoms with van der Waals surface area (Å²) in [6, 6.07) is 5.48. The van der Waals surface area contributed by atoms with Gasteiger partial charge in [-0.2, -0.15) is 5.26 Å². The summed E-state index contributed by atoms with van der Waals surface area (Å²) >= 11 is 5.73. The highest BCUT2D eigenvalue weighted by atomic mass is 35.5. The van der Waals surface area contributed by atoms with E-state index >= 15 is 0 Å². The quantitative estimate of drug-likeness (QED) is 0.663. The van der Waals surface area contributed by atoms with Crippen molar-refractivity contribution in [1.29, 1.82) is 5.26 Å². The molecular weight excluding hydrogens is 294 g/mol. The van der Waals surface area contributed by atoms with E-state index in [2.05, 4.69) is 0 Å². The van der Waals surface area contributed by atoms with Crippen molar-refractivity contribution in [1.82, 2.24) is 4.72 Å². The smallest absolute Gasteiger partial charge is 0.247 e. The molecule has 0 aromatic heterocycles. The first kappa shape index (κ1) is 15.4. The summed E-state index contributed by atoms with van der Waals surface area (Å²) in [4.78, 5) is 10.3. The second-order valence-corrected chi connectivity index (χ2v) is 5.67. The van der Waals surface area contributed by atoms with E-state index in [-0.39, 0.29) is 15.5 Å². The number of amides is 1. The fourth-order valence-corrected chi connectivity index (χ4v) is 2.71. The van der Waals surface area contributed by atoms with Gasteiger partial charge in [0.2, 0.25) is 15.9 Å². The van der Waals surface area contributed by atoms with E-state index in [1.807, 2.05) is 4.72 Å². The molecule has 0 bridgehead atoms. The Balaban J connectivity index is 3.01. The van der Waals surface area contributed by atoms with Crippen LogP contribution in [0.1, 0.15) is 5.56 Å². The second-order valence-electron chi connectivity index (χ2n) is 3.53. The minimum Gasteiger partial charge on any atom is -0.382 e. The van der Waals surface area contributed by atoms with E-state index in [4.69, 9.17) is 27.7 Å². The van der Waals surface area contributed by atoms with Crippen molar-refractivity contribution in [3.05, 3.63) is 28.8 Å². The molecule has 7 nitrogen and oxygen atoms in total. The lowest BCUT2D eigenvalue weighted by atomic mass is 10.2. The van der Waals surface area contributed by atoms with Crippen LogP contribution in [0, 0.1) is 11.3 Å². The first-order valence-electron chi connectivity index (χ1n) is 4.94. The average molecular weight is 304 g/mol. The van der Waals surface area contributed by atoms with Crippen LogP contribution in [0.2, 0.25) is 5.02 Å². The van der Waals surface area contributed by atoms with Gasteiger partial charge in [-0.1, -0.05) is 11.6 Å². The molecule has 0 saturated carbocycles. The zero-order valence-corrected chi connectivity index (χ0v) is 11.1. The molecule has 0 radical (unpaired) electrons. The largest absolute Gasteiger partial charge is 0.382 e. The molecule has 0 aliphatic rings. The fourth-order valence-electron chi connectivity index (χ4n) is 1.15. The number of hydrogen-bond donors (Lipinski definition) is 3. The van der Waals surface area contributed by atoms with Crippen molar-refractivity contribution < 1.29 is 18.3 Å². The molecule has 4 N–H and O–H groups in total. The van der Waals surface area contributed by atoms with Gasteiger partial charge in [-0.25, -0.2) is 13.1 Å². The van der Waals surface area contributed by atoms with Crippen LogP contribution < -0.4 is 10.5 Å². The first-order valence-corrected chi connectivity index (χ1v) is 6.80. The highest BCUT2D eigenvalue weighted by Gasteiger charge is 2.21. The van der Waals surface area contributed by atoms with Crippen molar-refractivity contribution in [3.63, 3.8) is 0 Å². The van der Waals surface area contributed by atoms with E-state index in [0.717, 1.165) is 6.07 Å². The van der Waals surface area contributed by atoms with Crippen LogP contribution in [-0.2, 0) is 14.8 Å². The minimum atomic E-state index is -4.05. The van der Waals surface area contributed by atoms with Crippen molar-refractivity contribution >= 4 is 27.5 Å². The summed E-state index contributed by atoms with van der Waals surface area (Å²) in [6.45, 7) is -0.579. The van der Waals surface area contributed by atoms with Crippen LogP contribution in [0.4, 0.5) is 0 Å². The van der Waals surface area contributed by atoms with Gasteiger partial charge in [0, 0.05) is 6.54 Å². The molecule has 1 atom stereocenters. The molecule has 102 valence electrons. The fraction of sp³-hybridized carbons (Fsp3) is 0.200. The highest BCUT2D eigenvalue weighted by Crippen LogP contribution is 2.22. The zero-order valence-electron chi connectivity index (χ0n) is 9.50. The highest BCUT2D eigenvalue weighted by molar-refractivity contribution is 7.89. The Labute approximate surface area is 114 Å². The number of nitrogens with one attached hydrogen (secondary N) is 1. The van der Waals surface area contributed by atoms with Gasteiger partial charge < -0.3 is 10.8 Å². The first-order chi connectivity index (χ1) is 8.77. The number of hydrogen-bond acceptors (Lipinski definition) is 5. The zero-order chi connectivity index (χ0) is 14.6. The number of nitriles is 1. The maximum atomic E-state index is 11.9. The van der Waals surface area contributed by atoms with E-state index in [1.165, 1.54) is 12.1 Å². The molecule has 0 aliphatic heterocycles. The number of carbonyl (C=O) groups excluding carboxylic acids is 1. The van der Waals surface area contributed by atoms with Crippen LogP contribution in [0.15, 0.2) is 23.1 Å². The number of nitrogens with two attached hydrogens (primary N) is 1. The molecule has 1 aromatic rings. The Hall–Kier alpha value is -1.66. The van der Waals surface area contributed by atoms with Gasteiger partial charge in [0.05, 0.1) is 16.7 Å². The standard InChI is InChI=1S/C10H10ClN3O4S/c11-7-2-1-6(4-12)3-9(7)19(17,18)14-5-8(15)10(13)16/h1-3,8,14-15H,5H2,(H2,13,16). The van der Waals surface area contributed by atoms with Crippen molar-refractivity contribution in [3.8, 4) is 6.07 Å². The molecule has 0 heterocycles. The number of primary amides is 1. The molecular formula is C10H10ClN3O4S. The topological polar surface area (TPSA) is 133 Å². The average Bonchev–Trinajstić information content (AvgIpc) is 2.36. The van der Waals surface area contributed by atoms with E-state index in [0.29, 0.717) is 0 Å². The number of aliphatic hydroxyl groups excluding tert-OH is 1. The molecule has 0 saturated heterocycles. The van der Waals surface area contributed by atoms with E-state index in [9.17, 15) is 13.2 Å². The van der Waals surface area contributed by atoms with Crippen LogP contribution in [0.5, 0.6) is 0 Å². The molecule has 1 aromatic carbocycles. The van der Waals surface area contributed by atoms with Gasteiger partial charge in [0.15, 0.2) is 0 Å². The predicted molar refractivity (Wildman–Crippen MR) is 66.6 cm³/mol. The van der Waals surface area contributed by atoms with Crippen LogP contribution >= 0.6 is 11.6 Å². The van der Waals surface area contributed by atoms with E-state index < -0.39 is 28.6 Å². The number of aliphatic hydroxyl groups is 1. The third kappa shape index (κ3) is 3.90. The lowest BCUT2D eigenvalue weighted by molar-refractivity contribution is -0.125. The Kier molecular flexibility index (Phi) is 4.85. The van der Waals surface area contributed by atoms with Crippen LogP contribution in [0.3, 0.4) is 0 Å². The molecule has 0 spiro atoms. The van der Waals surface area contributed by atoms with Crippen molar-refractivity contribution in [2.45, 2.75) is 11.0 Å². The third-order valence-corrected chi connectivity index (χ3v) is 4.05. The lowest BCUT2D eigenvalue weighted by Crippen LogP contribution is -2.40. The molecule has 1 amide bonds. The lowest BCUT2D eigenvalue weighted by Gasteiger charge is -2.10. The third-order valence-electron chi connectivity index (χ3n) is 2.14. The number of halogens is 1. The normalized spacial score (nSPS) is 12.7. The number of rotatable bonds is 5. The van der Waals surface area contributed by atoms with Crippen molar-refractivity contribution in [2.24, 2.45) is 5.73 Å². The van der Waals surface area contributed by atoms with Gasteiger partial charge >= 0.3 is 0 Å². The van der Waals surface area contributed by atoms with Crippen LogP contribution in [-0.4, -0.2) is 32.1 Å². The van der Waals surface area contributed by atoms with Gasteiger partial charge in [0.1, 0.15) is 11.0 Å². The molecule has 0 aliphatic carbocycles. The summed E-state index contributed by atoms with van der Waals surface area (Å²) < 4.78 is 25.7. The predicted octanol–water partition coefficient (Wildman–Crippen LogP) is -0.664. The maximum Gasteiger partial charge on any atom is 0.247 e. The van der Waals surface area contributed by atoms with Gasteiger partial charge in [-0.05, 0) is 18.2 Å². The second kappa shape index (κ2) is 5.99. The summed E-state index contributed by atoms with van der Waals surface area (Å²) in [5.74, 6) is -1.06. The Morgan fingerprint density at radius 2 is 2.21 bits per heavy atom. The Morgan fingerprint density at radius 3 is 2.74 bits per heavy atom. The summed E-state index contributed by atoms with van der Waals surface area (Å²) in [5.41, 5.74) is 4.90. The Morgan fingerprint density at radius 1 is 1.58 bits per heavy atom. The minimum absolute atomic E-state index is 0.0833.